The zero-order valence-electron chi connectivity index (χ0n) is 59.1. The minimum atomic E-state index is -4.95. The molecule has 0 aliphatic heterocycles. The summed E-state index contributed by atoms with van der Waals surface area (Å²) in [4.78, 5) is 72.6. The minimum absolute atomic E-state index is 0.106. The molecule has 0 aliphatic rings. The molecule has 6 atom stereocenters. The number of hydrogen-bond acceptors (Lipinski definition) is 15. The van der Waals surface area contributed by atoms with Crippen molar-refractivity contribution in [3.63, 3.8) is 0 Å². The molecule has 540 valence electrons. The Labute approximate surface area is 556 Å². The monoisotopic (exact) mass is 1340 g/mol. The molecule has 3 unspecified atom stereocenters. The zero-order valence-corrected chi connectivity index (χ0v) is 60.9. The van der Waals surface area contributed by atoms with E-state index in [0.717, 1.165) is 102 Å². The third kappa shape index (κ3) is 65.1. The molecule has 0 aromatic carbocycles. The van der Waals surface area contributed by atoms with Crippen molar-refractivity contribution < 1.29 is 80.2 Å². The average molecular weight is 1340 g/mol. The van der Waals surface area contributed by atoms with Crippen molar-refractivity contribution in [3.8, 4) is 0 Å². The quantitative estimate of drug-likeness (QED) is 0.0222. The Bertz CT molecular complexity index is 1770. The maximum atomic E-state index is 13.0. The van der Waals surface area contributed by atoms with Gasteiger partial charge in [0, 0.05) is 25.7 Å². The van der Waals surface area contributed by atoms with Crippen LogP contribution in [0.4, 0.5) is 0 Å². The minimum Gasteiger partial charge on any atom is -0.462 e. The molecular weight excluding hydrogens is 1200 g/mol. The standard InChI is InChI=1S/C72H140O17P2/c1-7-10-12-14-16-18-30-36-42-48-54-69(74)82-60-67(88-71(76)56-50-44-38-31-19-17-15-13-11-8-2)62-86-90(78,79)84-58-66(73)59-85-91(80,81)87-63-68(61-83-70(75)55-49-43-37-32-27-26-29-35-41-47-53-65(6)9-3)89-72(77)57-51-45-39-33-25-23-21-20-22-24-28-34-40-46-52-64(4)5/h64-68,73H,7-63H2,1-6H3,(H,78,79)(H,80,81)/t65?,66-,67+,68+/m0/s1. The lowest BCUT2D eigenvalue weighted by molar-refractivity contribution is -0.161. The molecule has 0 aliphatic carbocycles. The van der Waals surface area contributed by atoms with Gasteiger partial charge in [0.2, 0.25) is 0 Å². The lowest BCUT2D eigenvalue weighted by Crippen LogP contribution is -2.30. The first-order chi connectivity index (χ1) is 43.9. The number of aliphatic hydroxyl groups excluding tert-OH is 1. The fourth-order valence-corrected chi connectivity index (χ4v) is 12.5. The van der Waals surface area contributed by atoms with E-state index < -0.39 is 97.5 Å². The molecule has 0 saturated carbocycles. The van der Waals surface area contributed by atoms with Crippen LogP contribution in [0.5, 0.6) is 0 Å². The lowest BCUT2D eigenvalue weighted by atomic mass is 9.99. The van der Waals surface area contributed by atoms with Gasteiger partial charge >= 0.3 is 39.5 Å². The molecule has 0 bridgehead atoms. The van der Waals surface area contributed by atoms with Crippen molar-refractivity contribution >= 4 is 39.5 Å². The molecule has 0 fully saturated rings. The van der Waals surface area contributed by atoms with Crippen LogP contribution in [0.25, 0.3) is 0 Å². The number of ether oxygens (including phenoxy) is 4. The van der Waals surface area contributed by atoms with Gasteiger partial charge in [0.05, 0.1) is 26.4 Å². The SMILES string of the molecule is CCCCCCCCCCCCC(=O)OC[C@H](COP(=O)(O)OC[C@H](O)COP(=O)(O)OC[C@@H](COC(=O)CCCCCCCCCCCCC(C)CC)OC(=O)CCCCCCCCCCCCCCCCC(C)C)OC(=O)CCCCCCCCCCCC. The van der Waals surface area contributed by atoms with Gasteiger partial charge in [-0.1, -0.05) is 318 Å². The fourth-order valence-electron chi connectivity index (χ4n) is 10.9. The summed E-state index contributed by atoms with van der Waals surface area (Å²) in [5.41, 5.74) is 0. The van der Waals surface area contributed by atoms with Gasteiger partial charge in [-0.05, 0) is 37.5 Å². The highest BCUT2D eigenvalue weighted by Gasteiger charge is 2.30. The van der Waals surface area contributed by atoms with Gasteiger partial charge in [0.1, 0.15) is 19.3 Å². The van der Waals surface area contributed by atoms with E-state index in [1.807, 2.05) is 0 Å². The number of unbranched alkanes of at least 4 members (excludes halogenated alkanes) is 40. The topological polar surface area (TPSA) is 237 Å². The summed E-state index contributed by atoms with van der Waals surface area (Å²) in [6.45, 7) is 9.60. The summed E-state index contributed by atoms with van der Waals surface area (Å²) in [5.74, 6) is -0.516. The van der Waals surface area contributed by atoms with Crippen molar-refractivity contribution in [2.24, 2.45) is 11.8 Å². The van der Waals surface area contributed by atoms with Crippen molar-refractivity contribution in [1.82, 2.24) is 0 Å². The second kappa shape index (κ2) is 64.1. The van der Waals surface area contributed by atoms with Crippen molar-refractivity contribution in [2.75, 3.05) is 39.6 Å². The maximum absolute atomic E-state index is 13.0. The van der Waals surface area contributed by atoms with E-state index >= 15 is 0 Å². The number of carbonyl (C=O) groups excluding carboxylic acids is 4. The predicted molar refractivity (Wildman–Crippen MR) is 368 cm³/mol. The molecule has 0 aromatic heterocycles. The Hall–Kier alpha value is -1.94. The summed E-state index contributed by atoms with van der Waals surface area (Å²) in [6.07, 6.45) is 49.8. The van der Waals surface area contributed by atoms with E-state index in [9.17, 15) is 43.2 Å². The second-order valence-electron chi connectivity index (χ2n) is 26.7. The molecular formula is C72H140O17P2. The van der Waals surface area contributed by atoms with Gasteiger partial charge in [0.25, 0.3) is 0 Å². The first-order valence-electron chi connectivity index (χ1n) is 37.5. The molecule has 0 saturated heterocycles. The van der Waals surface area contributed by atoms with Crippen LogP contribution in [0.2, 0.25) is 0 Å². The van der Waals surface area contributed by atoms with Crippen LogP contribution in [0, 0.1) is 11.8 Å². The molecule has 19 heteroatoms. The van der Waals surface area contributed by atoms with Gasteiger partial charge in [-0.2, -0.15) is 0 Å². The number of phosphoric acid groups is 2. The van der Waals surface area contributed by atoms with Crippen LogP contribution in [-0.2, 0) is 65.4 Å². The van der Waals surface area contributed by atoms with E-state index in [2.05, 4.69) is 41.5 Å². The highest BCUT2D eigenvalue weighted by molar-refractivity contribution is 7.47. The lowest BCUT2D eigenvalue weighted by Gasteiger charge is -2.21. The molecule has 0 heterocycles. The molecule has 0 rings (SSSR count). The smallest absolute Gasteiger partial charge is 0.462 e. The van der Waals surface area contributed by atoms with E-state index in [0.29, 0.717) is 25.7 Å². The Morgan fingerprint density at radius 1 is 0.319 bits per heavy atom. The van der Waals surface area contributed by atoms with E-state index in [1.165, 1.54) is 186 Å². The fraction of sp³-hybridized carbons (Fsp3) is 0.944. The van der Waals surface area contributed by atoms with Gasteiger partial charge < -0.3 is 33.8 Å². The number of hydrogen-bond donors (Lipinski definition) is 3. The van der Waals surface area contributed by atoms with Gasteiger partial charge in [0.15, 0.2) is 12.2 Å². The Kier molecular flexibility index (Phi) is 62.7. The number of esters is 4. The van der Waals surface area contributed by atoms with Crippen LogP contribution in [0.1, 0.15) is 369 Å². The molecule has 3 N–H and O–H groups in total. The Morgan fingerprint density at radius 3 is 0.835 bits per heavy atom. The van der Waals surface area contributed by atoms with Gasteiger partial charge in [-0.15, -0.1) is 0 Å². The number of carbonyl (C=O) groups is 4. The predicted octanol–water partition coefficient (Wildman–Crippen LogP) is 20.8. The summed E-state index contributed by atoms with van der Waals surface area (Å²) in [6, 6.07) is 0. The van der Waals surface area contributed by atoms with Crippen molar-refractivity contribution in [3.05, 3.63) is 0 Å². The van der Waals surface area contributed by atoms with Crippen LogP contribution in [-0.4, -0.2) is 96.7 Å². The number of phosphoric ester groups is 2. The second-order valence-corrected chi connectivity index (χ2v) is 29.6. The third-order valence-corrected chi connectivity index (χ3v) is 19.0. The van der Waals surface area contributed by atoms with Crippen molar-refractivity contribution in [2.45, 2.75) is 387 Å². The summed E-state index contributed by atoms with van der Waals surface area (Å²) in [7, 11) is -9.90. The maximum Gasteiger partial charge on any atom is 0.472 e. The number of rotatable bonds is 71. The molecule has 91 heavy (non-hydrogen) atoms. The highest BCUT2D eigenvalue weighted by atomic mass is 31.2. The van der Waals surface area contributed by atoms with Crippen LogP contribution in [0.15, 0.2) is 0 Å². The van der Waals surface area contributed by atoms with Crippen molar-refractivity contribution in [1.29, 1.82) is 0 Å². The van der Waals surface area contributed by atoms with Crippen LogP contribution in [0.3, 0.4) is 0 Å². The summed E-state index contributed by atoms with van der Waals surface area (Å²) < 4.78 is 68.3. The first-order valence-corrected chi connectivity index (χ1v) is 40.5. The molecule has 0 aromatic rings. The normalized spacial score (nSPS) is 14.4. The van der Waals surface area contributed by atoms with Crippen LogP contribution >= 0.6 is 15.6 Å². The van der Waals surface area contributed by atoms with Gasteiger partial charge in [-0.25, -0.2) is 9.13 Å². The number of aliphatic hydroxyl groups is 1. The largest absolute Gasteiger partial charge is 0.472 e. The Morgan fingerprint density at radius 2 is 0.560 bits per heavy atom. The molecule has 17 nitrogen and oxygen atoms in total. The van der Waals surface area contributed by atoms with E-state index in [1.54, 1.807) is 0 Å². The summed E-state index contributed by atoms with van der Waals surface area (Å²) >= 11 is 0. The van der Waals surface area contributed by atoms with E-state index in [4.69, 9.17) is 37.0 Å². The zero-order chi connectivity index (χ0) is 67.2. The Balaban J connectivity index is 5.23. The van der Waals surface area contributed by atoms with Crippen LogP contribution < -0.4 is 0 Å². The first kappa shape index (κ1) is 89.1. The molecule has 0 spiro atoms. The molecule has 0 radical (unpaired) electrons. The highest BCUT2D eigenvalue weighted by Crippen LogP contribution is 2.45. The average Bonchev–Trinajstić information content (AvgIpc) is 3.65. The third-order valence-electron chi connectivity index (χ3n) is 17.1. The molecule has 0 amide bonds. The van der Waals surface area contributed by atoms with E-state index in [-0.39, 0.29) is 25.7 Å². The summed E-state index contributed by atoms with van der Waals surface area (Å²) in [5, 5.41) is 10.6. The van der Waals surface area contributed by atoms with Gasteiger partial charge in [-0.3, -0.25) is 37.3 Å².